The third-order valence-corrected chi connectivity index (χ3v) is 3.30. The van der Waals surface area contributed by atoms with Crippen molar-refractivity contribution in [2.45, 2.75) is 25.5 Å². The molecule has 0 aliphatic heterocycles. The summed E-state index contributed by atoms with van der Waals surface area (Å²) in [6.45, 7) is 2.50. The smallest absolute Gasteiger partial charge is 0.305 e. The van der Waals surface area contributed by atoms with Gasteiger partial charge in [-0.15, -0.1) is 0 Å². The molecule has 2 N–H and O–H groups in total. The minimum atomic E-state index is -0.977. The molecule has 0 aliphatic rings. The molecule has 0 saturated carbocycles. The summed E-state index contributed by atoms with van der Waals surface area (Å²) in [5, 5.41) is 8.98. The molecule has 1 aromatic rings. The van der Waals surface area contributed by atoms with Gasteiger partial charge in [-0.3, -0.25) is 19.7 Å². The van der Waals surface area contributed by atoms with Gasteiger partial charge in [0.05, 0.1) is 18.9 Å². The lowest BCUT2D eigenvalue weighted by molar-refractivity contribution is -0.143. The van der Waals surface area contributed by atoms with Crippen molar-refractivity contribution < 1.29 is 23.7 Å². The fourth-order valence-electron chi connectivity index (χ4n) is 1.77. The van der Waals surface area contributed by atoms with E-state index in [2.05, 4.69) is 5.48 Å². The Morgan fingerprint density at radius 2 is 2.14 bits per heavy atom. The van der Waals surface area contributed by atoms with Crippen molar-refractivity contribution >= 4 is 22.5 Å². The third-order valence-electron chi connectivity index (χ3n) is 2.56. The molecular formula is C14H21NO5S. The van der Waals surface area contributed by atoms with E-state index >= 15 is 0 Å². The van der Waals surface area contributed by atoms with E-state index in [1.54, 1.807) is 31.4 Å². The molecule has 1 unspecified atom stereocenters. The van der Waals surface area contributed by atoms with Gasteiger partial charge in [0.25, 0.3) is 0 Å². The molecule has 0 radical (unpaired) electrons. The maximum atomic E-state index is 11.3. The summed E-state index contributed by atoms with van der Waals surface area (Å²) in [6, 6.07) is 5.10. The number of rotatable bonds is 9. The second kappa shape index (κ2) is 9.36. The number of hydrogen-bond donors (Lipinski definition) is 2. The number of anilines is 1. The summed E-state index contributed by atoms with van der Waals surface area (Å²) in [6.07, 6.45) is 2.46. The average molecular weight is 315 g/mol. The Labute approximate surface area is 126 Å². The monoisotopic (exact) mass is 315 g/mol. The van der Waals surface area contributed by atoms with Gasteiger partial charge in [0.15, 0.2) is 0 Å². The first-order chi connectivity index (χ1) is 10.0. The van der Waals surface area contributed by atoms with Crippen molar-refractivity contribution in [3.8, 4) is 5.75 Å². The maximum Gasteiger partial charge on any atom is 0.305 e. The highest BCUT2D eigenvalue weighted by Gasteiger charge is 2.05. The number of carbonyl (C=O) groups is 1. The molecule has 1 rings (SSSR count). The molecule has 1 atom stereocenters. The van der Waals surface area contributed by atoms with Gasteiger partial charge in [0.1, 0.15) is 5.75 Å². The lowest BCUT2D eigenvalue weighted by Gasteiger charge is -2.10. The van der Waals surface area contributed by atoms with E-state index in [0.717, 1.165) is 5.56 Å². The van der Waals surface area contributed by atoms with Crippen LogP contribution in [0.3, 0.4) is 0 Å². The lowest BCUT2D eigenvalue weighted by Crippen LogP contribution is -2.07. The van der Waals surface area contributed by atoms with Crippen LogP contribution in [-0.4, -0.2) is 34.9 Å². The molecule has 1 aromatic carbocycles. The van der Waals surface area contributed by atoms with E-state index in [9.17, 15) is 9.00 Å². The van der Waals surface area contributed by atoms with Crippen molar-refractivity contribution in [3.05, 3.63) is 23.8 Å². The molecule has 0 aromatic heterocycles. The van der Waals surface area contributed by atoms with Crippen molar-refractivity contribution in [1.29, 1.82) is 0 Å². The minimum absolute atomic E-state index is 0.242. The summed E-state index contributed by atoms with van der Waals surface area (Å²) in [7, 11) is -0.977. The number of benzene rings is 1. The van der Waals surface area contributed by atoms with Gasteiger partial charge < -0.3 is 9.47 Å². The summed E-state index contributed by atoms with van der Waals surface area (Å²) in [5.41, 5.74) is 3.33. The highest BCUT2D eigenvalue weighted by atomic mass is 32.2. The second-order valence-electron chi connectivity index (χ2n) is 4.45. The van der Waals surface area contributed by atoms with Gasteiger partial charge in [-0.25, -0.2) is 0 Å². The van der Waals surface area contributed by atoms with Gasteiger partial charge in [-0.2, -0.15) is 0 Å². The Kier molecular flexibility index (Phi) is 7.78. The fraction of sp³-hybridized carbons (Fsp3) is 0.500. The summed E-state index contributed by atoms with van der Waals surface area (Å²) in [5.74, 6) is 0.696. The normalized spacial score (nSPS) is 11.8. The predicted molar refractivity (Wildman–Crippen MR) is 81.0 cm³/mol. The quantitative estimate of drug-likeness (QED) is 0.412. The van der Waals surface area contributed by atoms with Gasteiger partial charge in [0, 0.05) is 35.3 Å². The molecule has 21 heavy (non-hydrogen) atoms. The number of carbonyl (C=O) groups excluding carboxylic acids is 1. The zero-order valence-corrected chi connectivity index (χ0v) is 13.1. The average Bonchev–Trinajstić information content (AvgIpc) is 2.43. The van der Waals surface area contributed by atoms with E-state index in [-0.39, 0.29) is 5.97 Å². The number of ether oxygens (including phenoxy) is 2. The van der Waals surface area contributed by atoms with Gasteiger partial charge in [-0.1, -0.05) is 0 Å². The van der Waals surface area contributed by atoms with Crippen LogP contribution in [0.2, 0.25) is 0 Å². The first-order valence-electron chi connectivity index (χ1n) is 6.67. The van der Waals surface area contributed by atoms with E-state index in [4.69, 9.17) is 14.7 Å². The van der Waals surface area contributed by atoms with Crippen LogP contribution in [-0.2, 0) is 26.1 Å². The third kappa shape index (κ3) is 7.10. The predicted octanol–water partition coefficient (Wildman–Crippen LogP) is 2.09. The Bertz CT molecular complexity index is 492. The van der Waals surface area contributed by atoms with Gasteiger partial charge in [0.2, 0.25) is 0 Å². The Morgan fingerprint density at radius 1 is 1.38 bits per heavy atom. The second-order valence-corrected chi connectivity index (χ2v) is 5.89. The van der Waals surface area contributed by atoms with Crippen LogP contribution >= 0.6 is 0 Å². The van der Waals surface area contributed by atoms with Gasteiger partial charge in [-0.05, 0) is 31.0 Å². The maximum absolute atomic E-state index is 11.3. The zero-order valence-electron chi connectivity index (χ0n) is 12.3. The van der Waals surface area contributed by atoms with Crippen LogP contribution in [0.15, 0.2) is 18.2 Å². The zero-order chi connectivity index (χ0) is 15.7. The first kappa shape index (κ1) is 17.5. The molecule has 0 bridgehead atoms. The largest absolute Gasteiger partial charge is 0.493 e. The van der Waals surface area contributed by atoms with Crippen LogP contribution < -0.4 is 10.2 Å². The van der Waals surface area contributed by atoms with Crippen LogP contribution in [0.25, 0.3) is 0 Å². The lowest BCUT2D eigenvalue weighted by atomic mass is 10.2. The topological polar surface area (TPSA) is 84.9 Å². The SMILES string of the molecule is CCOC(=O)CCCOc1cc(CS(C)=O)cc(NO)c1. The van der Waals surface area contributed by atoms with E-state index in [1.165, 1.54) is 0 Å². The van der Waals surface area contributed by atoms with Crippen LogP contribution in [0, 0.1) is 0 Å². The van der Waals surface area contributed by atoms with E-state index in [0.29, 0.717) is 43.2 Å². The summed E-state index contributed by atoms with van der Waals surface area (Å²) >= 11 is 0. The van der Waals surface area contributed by atoms with Gasteiger partial charge >= 0.3 is 5.97 Å². The molecule has 0 aliphatic carbocycles. The minimum Gasteiger partial charge on any atom is -0.493 e. The van der Waals surface area contributed by atoms with E-state index < -0.39 is 10.8 Å². The van der Waals surface area contributed by atoms with Crippen molar-refractivity contribution in [2.24, 2.45) is 0 Å². The highest BCUT2D eigenvalue weighted by molar-refractivity contribution is 7.83. The van der Waals surface area contributed by atoms with Crippen LogP contribution in [0.4, 0.5) is 5.69 Å². The molecule has 118 valence electrons. The van der Waals surface area contributed by atoms with Crippen molar-refractivity contribution in [1.82, 2.24) is 0 Å². The van der Waals surface area contributed by atoms with Crippen molar-refractivity contribution in [3.63, 3.8) is 0 Å². The van der Waals surface area contributed by atoms with Crippen molar-refractivity contribution in [2.75, 3.05) is 24.9 Å². The summed E-state index contributed by atoms with van der Waals surface area (Å²) in [4.78, 5) is 11.2. The molecule has 0 amide bonds. The highest BCUT2D eigenvalue weighted by Crippen LogP contribution is 2.22. The first-order valence-corrected chi connectivity index (χ1v) is 8.40. The molecule has 0 fully saturated rings. The summed E-state index contributed by atoms with van der Waals surface area (Å²) < 4.78 is 21.6. The molecule has 0 saturated heterocycles. The van der Waals surface area contributed by atoms with E-state index in [1.807, 2.05) is 0 Å². The van der Waals surface area contributed by atoms with Crippen LogP contribution in [0.5, 0.6) is 5.75 Å². The fourth-order valence-corrected chi connectivity index (χ4v) is 2.40. The molecule has 0 heterocycles. The molecule has 0 spiro atoms. The Balaban J connectivity index is 2.53. The number of esters is 1. The number of nitrogens with one attached hydrogen (secondary N) is 1. The molecule has 7 heteroatoms. The molecule has 6 nitrogen and oxygen atoms in total. The Hall–Kier alpha value is -1.60. The number of hydrogen-bond acceptors (Lipinski definition) is 6. The van der Waals surface area contributed by atoms with Crippen LogP contribution in [0.1, 0.15) is 25.3 Å². The Morgan fingerprint density at radius 3 is 2.76 bits per heavy atom. The molecular weight excluding hydrogens is 294 g/mol. The standard InChI is InChI=1S/C14H21NO5S/c1-3-19-14(16)5-4-6-20-13-8-11(10-21(2)18)7-12(9-13)15-17/h7-9,15,17H,3-6,10H2,1-2H3.